The molecule has 3 rings (SSSR count). The molecule has 1 atom stereocenters. The van der Waals surface area contributed by atoms with E-state index in [1.165, 1.54) is 5.69 Å². The molecule has 1 aromatic rings. The molecule has 2 fully saturated rings. The van der Waals surface area contributed by atoms with Crippen molar-refractivity contribution in [1.82, 2.24) is 10.6 Å². The second-order valence-corrected chi connectivity index (χ2v) is 8.69. The van der Waals surface area contributed by atoms with E-state index in [0.717, 1.165) is 63.1 Å². The number of nitrogens with zero attached hydrogens (tertiary/aromatic N) is 2. The van der Waals surface area contributed by atoms with Crippen LogP contribution in [-0.2, 0) is 4.74 Å². The van der Waals surface area contributed by atoms with E-state index in [4.69, 9.17) is 16.3 Å². The molecule has 0 aliphatic carbocycles. The number of hydrogen-bond acceptors (Lipinski definition) is 4. The predicted octanol–water partition coefficient (Wildman–Crippen LogP) is 3.61. The van der Waals surface area contributed by atoms with E-state index in [-0.39, 0.29) is 28.7 Å². The number of rotatable bonds is 5. The molecular weight excluding hydrogens is 495 g/mol. The lowest BCUT2D eigenvalue weighted by Crippen LogP contribution is -2.50. The lowest BCUT2D eigenvalue weighted by atomic mass is 9.99. The van der Waals surface area contributed by atoms with Crippen LogP contribution < -0.4 is 15.5 Å². The third kappa shape index (κ3) is 6.30. The molecule has 2 aliphatic heterocycles. The number of nitrogens with one attached hydrogen (secondary N) is 2. The van der Waals surface area contributed by atoms with Gasteiger partial charge in [0.05, 0.1) is 0 Å². The van der Waals surface area contributed by atoms with Crippen LogP contribution in [-0.4, -0.2) is 62.9 Å². The van der Waals surface area contributed by atoms with E-state index in [0.29, 0.717) is 6.04 Å². The molecular formula is C19H30ClIN4OS. The molecule has 0 spiro atoms. The van der Waals surface area contributed by atoms with Crippen molar-refractivity contribution in [1.29, 1.82) is 0 Å². The molecule has 2 heterocycles. The SMILES string of the molecule is CN=C(NCC1(SC)CCOCC1)NC1CCN(c2cccc(Cl)c2)C1.I. The highest BCUT2D eigenvalue weighted by atomic mass is 127. The Morgan fingerprint density at radius 3 is 2.85 bits per heavy atom. The van der Waals surface area contributed by atoms with Crippen LogP contribution in [0.2, 0.25) is 5.02 Å². The van der Waals surface area contributed by atoms with Gasteiger partial charge < -0.3 is 20.3 Å². The lowest BCUT2D eigenvalue weighted by Gasteiger charge is -2.36. The van der Waals surface area contributed by atoms with Crippen molar-refractivity contribution in [3.63, 3.8) is 0 Å². The molecule has 0 saturated carbocycles. The maximum absolute atomic E-state index is 6.13. The molecule has 1 unspecified atom stereocenters. The Labute approximate surface area is 189 Å². The van der Waals surface area contributed by atoms with Gasteiger partial charge in [-0.1, -0.05) is 17.7 Å². The first-order chi connectivity index (χ1) is 12.6. The van der Waals surface area contributed by atoms with E-state index in [2.05, 4.69) is 32.8 Å². The van der Waals surface area contributed by atoms with Crippen LogP contribution in [0.1, 0.15) is 19.3 Å². The first-order valence-corrected chi connectivity index (χ1v) is 10.8. The number of guanidine groups is 1. The summed E-state index contributed by atoms with van der Waals surface area (Å²) < 4.78 is 5.78. The fourth-order valence-corrected chi connectivity index (χ4v) is 4.59. The first kappa shape index (κ1) is 22.9. The van der Waals surface area contributed by atoms with Gasteiger partial charge in [0.25, 0.3) is 0 Å². The third-order valence-electron chi connectivity index (χ3n) is 5.34. The zero-order chi connectivity index (χ0) is 18.4. The molecule has 0 amide bonds. The summed E-state index contributed by atoms with van der Waals surface area (Å²) >= 11 is 8.07. The standard InChI is InChI=1S/C19H29ClN4OS.HI/c1-21-18(22-14-19(26-2)7-10-25-11-8-19)23-16-6-9-24(13-16)17-5-3-4-15(20)12-17;/h3-5,12,16H,6-11,13-14H2,1-2H3,(H2,21,22,23);1H. The summed E-state index contributed by atoms with van der Waals surface area (Å²) in [6.07, 6.45) is 5.46. The van der Waals surface area contributed by atoms with Gasteiger partial charge in [0.2, 0.25) is 0 Å². The fourth-order valence-electron chi connectivity index (χ4n) is 3.61. The minimum absolute atomic E-state index is 0. The molecule has 0 aromatic heterocycles. The van der Waals surface area contributed by atoms with Crippen molar-refractivity contribution in [2.75, 3.05) is 51.1 Å². The second kappa shape index (κ2) is 11.0. The minimum atomic E-state index is 0. The van der Waals surface area contributed by atoms with Crippen molar-refractivity contribution in [3.05, 3.63) is 29.3 Å². The first-order valence-electron chi connectivity index (χ1n) is 9.25. The average molecular weight is 525 g/mol. The molecule has 2 N–H and O–H groups in total. The van der Waals surface area contributed by atoms with Crippen LogP contribution in [0.15, 0.2) is 29.3 Å². The van der Waals surface area contributed by atoms with E-state index >= 15 is 0 Å². The average Bonchev–Trinajstić information content (AvgIpc) is 3.14. The summed E-state index contributed by atoms with van der Waals surface area (Å²) in [5.41, 5.74) is 1.19. The van der Waals surface area contributed by atoms with Crippen LogP contribution >= 0.6 is 47.3 Å². The van der Waals surface area contributed by atoms with E-state index in [1.807, 2.05) is 37.0 Å². The van der Waals surface area contributed by atoms with Crippen molar-refractivity contribution >= 4 is 59.0 Å². The van der Waals surface area contributed by atoms with Crippen molar-refractivity contribution in [3.8, 4) is 0 Å². The highest BCUT2D eigenvalue weighted by Gasteiger charge is 2.32. The topological polar surface area (TPSA) is 48.9 Å². The summed E-state index contributed by atoms with van der Waals surface area (Å²) in [5, 5.41) is 7.92. The quantitative estimate of drug-likeness (QED) is 0.350. The summed E-state index contributed by atoms with van der Waals surface area (Å²) in [5.74, 6) is 0.892. The number of anilines is 1. The zero-order valence-corrected chi connectivity index (χ0v) is 19.9. The van der Waals surface area contributed by atoms with Gasteiger partial charge in [-0.2, -0.15) is 11.8 Å². The van der Waals surface area contributed by atoms with Gasteiger partial charge >= 0.3 is 0 Å². The highest BCUT2D eigenvalue weighted by molar-refractivity contribution is 14.0. The van der Waals surface area contributed by atoms with Crippen LogP contribution in [0.5, 0.6) is 0 Å². The summed E-state index contributed by atoms with van der Waals surface area (Å²) in [7, 11) is 1.84. The van der Waals surface area contributed by atoms with Crippen LogP contribution in [0.25, 0.3) is 0 Å². The Hall–Kier alpha value is -0.380. The van der Waals surface area contributed by atoms with Crippen molar-refractivity contribution in [2.24, 2.45) is 4.99 Å². The normalized spacial score (nSPS) is 22.3. The van der Waals surface area contributed by atoms with E-state index < -0.39 is 0 Å². The van der Waals surface area contributed by atoms with Crippen molar-refractivity contribution in [2.45, 2.75) is 30.1 Å². The maximum atomic E-state index is 6.13. The lowest BCUT2D eigenvalue weighted by molar-refractivity contribution is 0.0782. The Balaban J connectivity index is 0.00000261. The van der Waals surface area contributed by atoms with E-state index in [9.17, 15) is 0 Å². The Morgan fingerprint density at radius 1 is 1.41 bits per heavy atom. The monoisotopic (exact) mass is 524 g/mol. The summed E-state index contributed by atoms with van der Waals surface area (Å²) in [6, 6.07) is 8.47. The van der Waals surface area contributed by atoms with Crippen LogP contribution in [0, 0.1) is 0 Å². The van der Waals surface area contributed by atoms with E-state index in [1.54, 1.807) is 0 Å². The van der Waals surface area contributed by atoms with Gasteiger partial charge in [0.15, 0.2) is 5.96 Å². The number of aliphatic imine (C=N–C) groups is 1. The van der Waals surface area contributed by atoms with Gasteiger partial charge in [-0.25, -0.2) is 0 Å². The van der Waals surface area contributed by atoms with Gasteiger partial charge in [-0.05, 0) is 43.7 Å². The number of halogens is 2. The smallest absolute Gasteiger partial charge is 0.191 e. The van der Waals surface area contributed by atoms with Crippen LogP contribution in [0.4, 0.5) is 5.69 Å². The maximum Gasteiger partial charge on any atom is 0.191 e. The molecule has 2 aliphatic rings. The van der Waals surface area contributed by atoms with Gasteiger partial charge in [0.1, 0.15) is 0 Å². The Bertz CT molecular complexity index is 627. The Morgan fingerprint density at radius 2 is 2.19 bits per heavy atom. The van der Waals surface area contributed by atoms with Gasteiger partial charge in [-0.15, -0.1) is 24.0 Å². The molecule has 0 radical (unpaired) electrons. The molecule has 8 heteroatoms. The molecule has 2 saturated heterocycles. The van der Waals surface area contributed by atoms with Crippen molar-refractivity contribution < 1.29 is 4.74 Å². The minimum Gasteiger partial charge on any atom is -0.381 e. The van der Waals surface area contributed by atoms with Gasteiger partial charge in [0, 0.05) is 61.4 Å². The predicted molar refractivity (Wildman–Crippen MR) is 128 cm³/mol. The summed E-state index contributed by atoms with van der Waals surface area (Å²) in [6.45, 7) is 4.61. The highest BCUT2D eigenvalue weighted by Crippen LogP contribution is 2.33. The molecule has 0 bridgehead atoms. The number of thioether (sulfide) groups is 1. The Kier molecular flexibility index (Phi) is 9.31. The molecule has 27 heavy (non-hydrogen) atoms. The second-order valence-electron chi connectivity index (χ2n) is 6.98. The molecule has 1 aromatic carbocycles. The number of benzene rings is 1. The molecule has 152 valence electrons. The van der Waals surface area contributed by atoms with Crippen LogP contribution in [0.3, 0.4) is 0 Å². The largest absolute Gasteiger partial charge is 0.381 e. The zero-order valence-electron chi connectivity index (χ0n) is 16.0. The number of ether oxygens (including phenoxy) is 1. The van der Waals surface area contributed by atoms with Gasteiger partial charge in [-0.3, -0.25) is 4.99 Å². The fraction of sp³-hybridized carbons (Fsp3) is 0.632. The molecule has 5 nitrogen and oxygen atoms in total. The summed E-state index contributed by atoms with van der Waals surface area (Å²) in [4.78, 5) is 6.80. The number of hydrogen-bond donors (Lipinski definition) is 2. The third-order valence-corrected chi connectivity index (χ3v) is 6.99.